The molecule has 0 saturated heterocycles. The van der Waals surface area contributed by atoms with E-state index in [9.17, 15) is 22.6 Å². The Morgan fingerprint density at radius 1 is 1.09 bits per heavy atom. The maximum absolute atomic E-state index is 11.9. The van der Waals surface area contributed by atoms with E-state index in [4.69, 9.17) is 0 Å². The summed E-state index contributed by atoms with van der Waals surface area (Å²) in [5.41, 5.74) is 0.986. The van der Waals surface area contributed by atoms with Crippen molar-refractivity contribution in [1.82, 2.24) is 0 Å². The highest BCUT2D eigenvalue weighted by molar-refractivity contribution is 7.85. The smallest absolute Gasteiger partial charge is 0.346 e. The number of cyclic esters (lactones) is 2. The summed E-state index contributed by atoms with van der Waals surface area (Å²) in [6.45, 7) is 1.96. The molecule has 1 aliphatic heterocycles. The first-order valence-corrected chi connectivity index (χ1v) is 8.10. The molecule has 2 aromatic carbocycles. The molecule has 6 nitrogen and oxygen atoms in total. The van der Waals surface area contributed by atoms with Gasteiger partial charge in [-0.3, -0.25) is 4.55 Å². The second-order valence-corrected chi connectivity index (χ2v) is 6.49. The van der Waals surface area contributed by atoms with Gasteiger partial charge in [-0.05, 0) is 35.6 Å². The lowest BCUT2D eigenvalue weighted by atomic mass is 9.92. The van der Waals surface area contributed by atoms with Gasteiger partial charge >= 0.3 is 11.9 Å². The van der Waals surface area contributed by atoms with Crippen molar-refractivity contribution in [3.05, 3.63) is 41.0 Å². The highest BCUT2D eigenvalue weighted by Gasteiger charge is 2.30. The van der Waals surface area contributed by atoms with Gasteiger partial charge in [-0.15, -0.1) is 0 Å². The van der Waals surface area contributed by atoms with Crippen LogP contribution in [0.2, 0.25) is 0 Å². The maximum Gasteiger partial charge on any atom is 0.346 e. The molecular formula is C15H12O6S. The van der Waals surface area contributed by atoms with Crippen LogP contribution in [0.3, 0.4) is 0 Å². The standard InChI is InChI=1S/C15H12O6S/c1-2-3-8-4-5-10-13-11(8)6-9(22(18,19)20)7-12(13)15(17)21-14(10)16/h4-7H,2-3H2,1H3,(H,18,19,20). The molecular weight excluding hydrogens is 308 g/mol. The van der Waals surface area contributed by atoms with Gasteiger partial charge < -0.3 is 4.74 Å². The Labute approximate surface area is 126 Å². The van der Waals surface area contributed by atoms with Crippen LogP contribution >= 0.6 is 0 Å². The Morgan fingerprint density at radius 3 is 2.41 bits per heavy atom. The first-order chi connectivity index (χ1) is 10.3. The van der Waals surface area contributed by atoms with E-state index in [1.54, 1.807) is 12.1 Å². The molecule has 2 aromatic rings. The minimum atomic E-state index is -4.48. The fourth-order valence-electron chi connectivity index (χ4n) is 2.68. The SMILES string of the molecule is CCCc1ccc2c3c(cc(S(=O)(=O)O)cc13)C(=O)OC2=O. The molecule has 0 fully saturated rings. The molecule has 7 heteroatoms. The van der Waals surface area contributed by atoms with E-state index in [0.29, 0.717) is 17.2 Å². The van der Waals surface area contributed by atoms with Crippen LogP contribution in [-0.4, -0.2) is 24.9 Å². The molecule has 0 unspecified atom stereocenters. The average Bonchev–Trinajstić information content (AvgIpc) is 2.44. The van der Waals surface area contributed by atoms with Crippen LogP contribution in [0, 0.1) is 0 Å². The number of benzene rings is 2. The second kappa shape index (κ2) is 4.89. The molecule has 0 spiro atoms. The Morgan fingerprint density at radius 2 is 1.77 bits per heavy atom. The summed E-state index contributed by atoms with van der Waals surface area (Å²) in [7, 11) is -4.48. The van der Waals surface area contributed by atoms with Crippen molar-refractivity contribution < 1.29 is 27.3 Å². The molecule has 1 N–H and O–H groups in total. The number of carbonyl (C=O) groups is 2. The molecule has 1 aliphatic rings. The number of hydrogen-bond acceptors (Lipinski definition) is 5. The Bertz CT molecular complexity index is 927. The van der Waals surface area contributed by atoms with Gasteiger partial charge in [-0.25, -0.2) is 9.59 Å². The van der Waals surface area contributed by atoms with Crippen molar-refractivity contribution in [3.63, 3.8) is 0 Å². The number of carbonyl (C=O) groups excluding carboxylic acids is 2. The lowest BCUT2D eigenvalue weighted by Gasteiger charge is -2.18. The van der Waals surface area contributed by atoms with Gasteiger partial charge in [0.15, 0.2) is 0 Å². The van der Waals surface area contributed by atoms with Crippen LogP contribution in [-0.2, 0) is 21.3 Å². The molecule has 22 heavy (non-hydrogen) atoms. The highest BCUT2D eigenvalue weighted by Crippen LogP contribution is 2.33. The Kier molecular flexibility index (Phi) is 3.26. The lowest BCUT2D eigenvalue weighted by Crippen LogP contribution is -2.20. The number of ether oxygens (including phenoxy) is 1. The summed E-state index contributed by atoms with van der Waals surface area (Å²) >= 11 is 0. The zero-order valence-corrected chi connectivity index (χ0v) is 12.4. The predicted octanol–water partition coefficient (Wildman–Crippen LogP) is 2.35. The monoisotopic (exact) mass is 320 g/mol. The van der Waals surface area contributed by atoms with Gasteiger partial charge in [0, 0.05) is 5.39 Å². The summed E-state index contributed by atoms with van der Waals surface area (Å²) in [6.07, 6.45) is 1.45. The predicted molar refractivity (Wildman–Crippen MR) is 77.5 cm³/mol. The first kappa shape index (κ1) is 14.7. The molecule has 114 valence electrons. The number of esters is 2. The molecule has 0 radical (unpaired) electrons. The summed E-state index contributed by atoms with van der Waals surface area (Å²) in [4.78, 5) is 23.3. The minimum Gasteiger partial charge on any atom is -0.386 e. The van der Waals surface area contributed by atoms with E-state index in [1.165, 1.54) is 6.07 Å². The van der Waals surface area contributed by atoms with Crippen LogP contribution < -0.4 is 0 Å². The Balaban J connectivity index is 2.49. The van der Waals surface area contributed by atoms with Gasteiger partial charge in [0.05, 0.1) is 16.0 Å². The maximum atomic E-state index is 11.9. The van der Waals surface area contributed by atoms with E-state index >= 15 is 0 Å². The Hall–Kier alpha value is -2.25. The zero-order chi connectivity index (χ0) is 16.1. The fourth-order valence-corrected chi connectivity index (χ4v) is 3.21. The van der Waals surface area contributed by atoms with Crippen molar-refractivity contribution in [3.8, 4) is 0 Å². The van der Waals surface area contributed by atoms with Crippen molar-refractivity contribution in [2.75, 3.05) is 0 Å². The zero-order valence-electron chi connectivity index (χ0n) is 11.6. The van der Waals surface area contributed by atoms with Crippen LogP contribution in [0.1, 0.15) is 39.6 Å². The van der Waals surface area contributed by atoms with Crippen molar-refractivity contribution in [2.24, 2.45) is 0 Å². The summed E-state index contributed by atoms with van der Waals surface area (Å²) in [6, 6.07) is 5.59. The number of aryl methyl sites for hydroxylation is 1. The van der Waals surface area contributed by atoms with E-state index in [-0.39, 0.29) is 11.1 Å². The molecule has 0 aliphatic carbocycles. The van der Waals surface area contributed by atoms with E-state index in [2.05, 4.69) is 4.74 Å². The average molecular weight is 320 g/mol. The van der Waals surface area contributed by atoms with Crippen molar-refractivity contribution >= 4 is 32.8 Å². The molecule has 0 saturated carbocycles. The number of hydrogen-bond donors (Lipinski definition) is 1. The van der Waals surface area contributed by atoms with Crippen LogP contribution in [0.4, 0.5) is 0 Å². The topological polar surface area (TPSA) is 97.7 Å². The van der Waals surface area contributed by atoms with Crippen LogP contribution in [0.15, 0.2) is 29.2 Å². The van der Waals surface area contributed by atoms with Gasteiger partial charge in [0.1, 0.15) is 0 Å². The largest absolute Gasteiger partial charge is 0.386 e. The van der Waals surface area contributed by atoms with Crippen LogP contribution in [0.5, 0.6) is 0 Å². The normalized spacial score (nSPS) is 14.3. The number of rotatable bonds is 3. The van der Waals surface area contributed by atoms with Crippen molar-refractivity contribution in [1.29, 1.82) is 0 Å². The summed E-state index contributed by atoms with van der Waals surface area (Å²) in [5, 5.41) is 0.842. The van der Waals surface area contributed by atoms with Crippen molar-refractivity contribution in [2.45, 2.75) is 24.7 Å². The first-order valence-electron chi connectivity index (χ1n) is 6.66. The summed E-state index contributed by atoms with van der Waals surface area (Å²) in [5.74, 6) is -1.67. The van der Waals surface area contributed by atoms with E-state index in [0.717, 1.165) is 18.1 Å². The van der Waals surface area contributed by atoms with E-state index < -0.39 is 27.0 Å². The van der Waals surface area contributed by atoms with E-state index in [1.807, 2.05) is 6.92 Å². The molecule has 1 heterocycles. The molecule has 0 bridgehead atoms. The fraction of sp³-hybridized carbons (Fsp3) is 0.200. The minimum absolute atomic E-state index is 0.0299. The quantitative estimate of drug-likeness (QED) is 0.529. The van der Waals surface area contributed by atoms with Gasteiger partial charge in [-0.2, -0.15) is 8.42 Å². The van der Waals surface area contributed by atoms with Crippen LogP contribution in [0.25, 0.3) is 10.8 Å². The van der Waals surface area contributed by atoms with Gasteiger partial charge in [-0.1, -0.05) is 19.4 Å². The third-order valence-corrected chi connectivity index (χ3v) is 4.45. The molecule has 0 amide bonds. The summed E-state index contributed by atoms with van der Waals surface area (Å²) < 4.78 is 36.7. The van der Waals surface area contributed by atoms with Gasteiger partial charge in [0.2, 0.25) is 0 Å². The highest BCUT2D eigenvalue weighted by atomic mass is 32.2. The second-order valence-electron chi connectivity index (χ2n) is 5.07. The molecule has 3 rings (SSSR count). The molecule has 0 aromatic heterocycles. The molecule has 0 atom stereocenters. The third-order valence-electron chi connectivity index (χ3n) is 3.62. The van der Waals surface area contributed by atoms with Gasteiger partial charge in [0.25, 0.3) is 10.1 Å². The third kappa shape index (κ3) is 2.18. The lowest BCUT2D eigenvalue weighted by molar-refractivity contribution is 0.0391.